The maximum atomic E-state index is 12.4. The molecule has 0 aromatic heterocycles. The number of alkyl halides is 1. The van der Waals surface area contributed by atoms with Gasteiger partial charge in [0.15, 0.2) is 0 Å². The van der Waals surface area contributed by atoms with Gasteiger partial charge in [-0.05, 0) is 12.8 Å². The lowest BCUT2D eigenvalue weighted by Gasteiger charge is -2.01. The van der Waals surface area contributed by atoms with Crippen LogP contribution in [0.1, 0.15) is 5.56 Å². The Morgan fingerprint density at radius 1 is 1.40 bits per heavy atom. The quantitative estimate of drug-likeness (QED) is 0.674. The number of allylic oxidation sites excluding steroid dienone is 1. The molecular weight excluding hydrogens is 191 g/mol. The van der Waals surface area contributed by atoms with Gasteiger partial charge in [-0.2, -0.15) is 0 Å². The summed E-state index contributed by atoms with van der Waals surface area (Å²) in [5, 5.41) is 0. The van der Waals surface area contributed by atoms with Crippen LogP contribution in [0.5, 0.6) is 0 Å². The van der Waals surface area contributed by atoms with Crippen LogP contribution in [0.3, 0.4) is 0 Å². The number of aliphatic imine (C=N–C) groups is 2. The van der Waals surface area contributed by atoms with E-state index in [-0.39, 0.29) is 0 Å². The van der Waals surface area contributed by atoms with E-state index < -0.39 is 6.67 Å². The Balaban J connectivity index is 3.04. The van der Waals surface area contributed by atoms with E-state index in [2.05, 4.69) is 16.7 Å². The van der Waals surface area contributed by atoms with Crippen molar-refractivity contribution in [2.75, 3.05) is 13.7 Å². The number of benzene rings is 1. The lowest BCUT2D eigenvalue weighted by Crippen LogP contribution is -1.97. The summed E-state index contributed by atoms with van der Waals surface area (Å²) >= 11 is 0. The summed E-state index contributed by atoms with van der Waals surface area (Å²) in [6.45, 7) is 2.87. The molecule has 3 heteroatoms. The molecule has 0 aliphatic rings. The van der Waals surface area contributed by atoms with Gasteiger partial charge >= 0.3 is 0 Å². The van der Waals surface area contributed by atoms with Crippen molar-refractivity contribution in [1.29, 1.82) is 0 Å². The fourth-order valence-electron chi connectivity index (χ4n) is 1.15. The molecule has 0 bridgehead atoms. The fraction of sp³-hybridized carbons (Fsp3) is 0.167. The van der Waals surface area contributed by atoms with Crippen LogP contribution in [-0.4, -0.2) is 26.2 Å². The molecule has 0 spiro atoms. The van der Waals surface area contributed by atoms with E-state index in [1.807, 2.05) is 30.3 Å². The highest BCUT2D eigenvalue weighted by Gasteiger charge is 2.00. The van der Waals surface area contributed by atoms with Gasteiger partial charge in [-0.1, -0.05) is 30.3 Å². The molecule has 0 atom stereocenters. The summed E-state index contributed by atoms with van der Waals surface area (Å²) in [7, 11) is 1.55. The second-order valence-electron chi connectivity index (χ2n) is 2.90. The molecule has 0 aliphatic heterocycles. The first-order chi connectivity index (χ1) is 7.31. The van der Waals surface area contributed by atoms with Crippen molar-refractivity contribution >= 4 is 18.1 Å². The molecule has 0 N–H and O–H groups in total. The molecule has 0 saturated carbocycles. The first-order valence-corrected chi connectivity index (χ1v) is 4.57. The van der Waals surface area contributed by atoms with E-state index in [1.54, 1.807) is 13.1 Å². The van der Waals surface area contributed by atoms with Crippen molar-refractivity contribution in [2.45, 2.75) is 0 Å². The second kappa shape index (κ2) is 5.86. The van der Waals surface area contributed by atoms with Crippen LogP contribution >= 0.6 is 0 Å². The van der Waals surface area contributed by atoms with Crippen LogP contribution in [0.2, 0.25) is 0 Å². The standard InChI is InChI=1S/C12H13FN2/c1-14-11(9-13)8-12(15-2)10-6-4-3-5-7-10/h3-8H,2,9H2,1H3/b12-8-,14-11+. The second-order valence-corrected chi connectivity index (χ2v) is 2.90. The number of hydrogen-bond acceptors (Lipinski definition) is 2. The van der Waals surface area contributed by atoms with Gasteiger partial charge in [0.1, 0.15) is 6.67 Å². The third kappa shape index (κ3) is 3.13. The Morgan fingerprint density at radius 3 is 2.53 bits per heavy atom. The van der Waals surface area contributed by atoms with Gasteiger partial charge in [0.05, 0.1) is 11.4 Å². The maximum absolute atomic E-state index is 12.4. The molecule has 0 amide bonds. The van der Waals surface area contributed by atoms with Gasteiger partial charge in [0, 0.05) is 12.6 Å². The number of nitrogens with zero attached hydrogens (tertiary/aromatic N) is 2. The zero-order valence-electron chi connectivity index (χ0n) is 8.65. The highest BCUT2D eigenvalue weighted by Crippen LogP contribution is 2.14. The van der Waals surface area contributed by atoms with E-state index in [9.17, 15) is 4.39 Å². The van der Waals surface area contributed by atoms with Crippen molar-refractivity contribution in [2.24, 2.45) is 9.98 Å². The van der Waals surface area contributed by atoms with Crippen molar-refractivity contribution in [3.8, 4) is 0 Å². The van der Waals surface area contributed by atoms with Crippen molar-refractivity contribution in [3.05, 3.63) is 42.0 Å². The lowest BCUT2D eigenvalue weighted by atomic mass is 10.1. The van der Waals surface area contributed by atoms with Gasteiger partial charge in [0.2, 0.25) is 0 Å². The van der Waals surface area contributed by atoms with E-state index in [0.29, 0.717) is 11.4 Å². The molecule has 0 fully saturated rings. The third-order valence-electron chi connectivity index (χ3n) is 1.97. The monoisotopic (exact) mass is 204 g/mol. The summed E-state index contributed by atoms with van der Waals surface area (Å²) in [6.07, 6.45) is 1.60. The molecule has 1 aromatic rings. The van der Waals surface area contributed by atoms with Crippen LogP contribution < -0.4 is 0 Å². The van der Waals surface area contributed by atoms with E-state index in [4.69, 9.17) is 0 Å². The highest BCUT2D eigenvalue weighted by atomic mass is 19.1. The fourth-order valence-corrected chi connectivity index (χ4v) is 1.15. The molecule has 0 heterocycles. The molecule has 78 valence electrons. The third-order valence-corrected chi connectivity index (χ3v) is 1.97. The van der Waals surface area contributed by atoms with Gasteiger partial charge in [-0.3, -0.25) is 9.98 Å². The molecule has 1 aromatic carbocycles. The first kappa shape index (κ1) is 11.3. The zero-order valence-corrected chi connectivity index (χ0v) is 8.65. The number of rotatable bonds is 4. The van der Waals surface area contributed by atoms with E-state index in [0.717, 1.165) is 5.56 Å². The molecule has 1 rings (SSSR count). The molecular formula is C12H13FN2. The van der Waals surface area contributed by atoms with E-state index >= 15 is 0 Å². The Morgan fingerprint density at radius 2 is 2.07 bits per heavy atom. The Kier molecular flexibility index (Phi) is 4.41. The van der Waals surface area contributed by atoms with Gasteiger partial charge in [0.25, 0.3) is 0 Å². The summed E-state index contributed by atoms with van der Waals surface area (Å²) in [6, 6.07) is 9.49. The van der Waals surface area contributed by atoms with Crippen LogP contribution in [0, 0.1) is 0 Å². The van der Waals surface area contributed by atoms with Gasteiger partial charge < -0.3 is 0 Å². The Bertz CT molecular complexity index is 380. The number of halogens is 1. The summed E-state index contributed by atoms with van der Waals surface area (Å²) in [5.74, 6) is 0. The Labute approximate surface area is 88.9 Å². The van der Waals surface area contributed by atoms with Gasteiger partial charge in [-0.25, -0.2) is 4.39 Å². The van der Waals surface area contributed by atoms with Crippen molar-refractivity contribution in [1.82, 2.24) is 0 Å². The minimum atomic E-state index is -0.595. The zero-order chi connectivity index (χ0) is 11.1. The van der Waals surface area contributed by atoms with Crippen LogP contribution in [0.25, 0.3) is 5.70 Å². The van der Waals surface area contributed by atoms with Gasteiger partial charge in [-0.15, -0.1) is 0 Å². The smallest absolute Gasteiger partial charge is 0.131 e. The van der Waals surface area contributed by atoms with Crippen molar-refractivity contribution < 1.29 is 4.39 Å². The average Bonchev–Trinajstić information content (AvgIpc) is 2.32. The molecule has 15 heavy (non-hydrogen) atoms. The minimum absolute atomic E-state index is 0.362. The van der Waals surface area contributed by atoms with Crippen LogP contribution in [-0.2, 0) is 0 Å². The molecule has 0 aliphatic carbocycles. The molecule has 0 radical (unpaired) electrons. The normalized spacial score (nSPS) is 12.7. The van der Waals surface area contributed by atoms with Crippen molar-refractivity contribution in [3.63, 3.8) is 0 Å². The van der Waals surface area contributed by atoms with Crippen LogP contribution in [0.15, 0.2) is 46.4 Å². The SMILES string of the molecule is C=N/C(=C\C(CF)=N/C)c1ccccc1. The summed E-state index contributed by atoms with van der Waals surface area (Å²) in [5.41, 5.74) is 1.90. The summed E-state index contributed by atoms with van der Waals surface area (Å²) in [4.78, 5) is 7.65. The highest BCUT2D eigenvalue weighted by molar-refractivity contribution is 6.01. The first-order valence-electron chi connectivity index (χ1n) is 4.57. The lowest BCUT2D eigenvalue weighted by molar-refractivity contribution is 0.582. The van der Waals surface area contributed by atoms with Crippen LogP contribution in [0.4, 0.5) is 4.39 Å². The van der Waals surface area contributed by atoms with E-state index in [1.165, 1.54) is 0 Å². The Hall–Kier alpha value is -1.77. The topological polar surface area (TPSA) is 24.7 Å². The summed E-state index contributed by atoms with van der Waals surface area (Å²) < 4.78 is 12.4. The molecule has 0 saturated heterocycles. The molecule has 2 nitrogen and oxygen atoms in total. The average molecular weight is 204 g/mol. The molecule has 0 unspecified atom stereocenters. The maximum Gasteiger partial charge on any atom is 0.131 e. The minimum Gasteiger partial charge on any atom is -0.290 e. The predicted octanol–water partition coefficient (Wildman–Crippen LogP) is 2.77. The number of hydrogen-bond donors (Lipinski definition) is 0. The predicted molar refractivity (Wildman–Crippen MR) is 63.3 cm³/mol. The largest absolute Gasteiger partial charge is 0.290 e.